The molecule has 1 aliphatic rings. The van der Waals surface area contributed by atoms with Gasteiger partial charge in [0.15, 0.2) is 0 Å². The number of hydrogen-bond donors (Lipinski definition) is 1. The summed E-state index contributed by atoms with van der Waals surface area (Å²) in [7, 11) is 1.87. The zero-order valence-corrected chi connectivity index (χ0v) is 13.5. The van der Waals surface area contributed by atoms with Crippen molar-refractivity contribution in [1.82, 2.24) is 9.80 Å². The molecule has 1 aromatic carbocycles. The van der Waals surface area contributed by atoms with Crippen molar-refractivity contribution in [2.45, 2.75) is 19.4 Å². The Bertz CT molecular complexity index is 427. The summed E-state index contributed by atoms with van der Waals surface area (Å²) in [4.78, 5) is 16.3. The van der Waals surface area contributed by atoms with E-state index in [1.807, 2.05) is 25.2 Å². The molecule has 0 aliphatic carbocycles. The Morgan fingerprint density at radius 1 is 1.38 bits per heavy atom. The number of nitrogens with two attached hydrogens (primary N) is 1. The molecule has 2 rings (SSSR count). The number of piperidine rings is 1. The predicted molar refractivity (Wildman–Crippen MR) is 88.4 cm³/mol. The maximum atomic E-state index is 12.3. The van der Waals surface area contributed by atoms with E-state index >= 15 is 0 Å². The van der Waals surface area contributed by atoms with Gasteiger partial charge in [0.2, 0.25) is 5.91 Å². The van der Waals surface area contributed by atoms with Gasteiger partial charge < -0.3 is 10.6 Å². The Balaban J connectivity index is 0.00000220. The Morgan fingerprint density at radius 2 is 2.10 bits per heavy atom. The summed E-state index contributed by atoms with van der Waals surface area (Å²) in [6.07, 6.45) is 2.35. The van der Waals surface area contributed by atoms with E-state index in [1.54, 1.807) is 4.90 Å². The van der Waals surface area contributed by atoms with Gasteiger partial charge in [-0.25, -0.2) is 0 Å². The molecule has 0 radical (unpaired) electrons. The molecule has 1 unspecified atom stereocenters. The summed E-state index contributed by atoms with van der Waals surface area (Å²) >= 11 is 0. The lowest BCUT2D eigenvalue weighted by atomic mass is 9.98. The maximum Gasteiger partial charge on any atom is 0.236 e. The number of carbonyl (C=O) groups is 1. The van der Waals surface area contributed by atoms with Crippen molar-refractivity contribution in [3.8, 4) is 0 Å². The van der Waals surface area contributed by atoms with Crippen LogP contribution in [0, 0.1) is 5.92 Å². The molecule has 21 heavy (non-hydrogen) atoms. The Hall–Kier alpha value is -1.10. The topological polar surface area (TPSA) is 49.6 Å². The molecule has 1 aromatic rings. The van der Waals surface area contributed by atoms with Crippen LogP contribution in [0.2, 0.25) is 0 Å². The molecule has 2 N–H and O–H groups in total. The summed E-state index contributed by atoms with van der Waals surface area (Å²) in [6.45, 7) is 3.89. The van der Waals surface area contributed by atoms with Gasteiger partial charge in [-0.2, -0.15) is 0 Å². The fourth-order valence-corrected chi connectivity index (χ4v) is 2.74. The van der Waals surface area contributed by atoms with Crippen molar-refractivity contribution in [2.75, 3.05) is 33.2 Å². The van der Waals surface area contributed by atoms with E-state index in [4.69, 9.17) is 5.73 Å². The highest BCUT2D eigenvalue weighted by atomic mass is 35.5. The van der Waals surface area contributed by atoms with Crippen LogP contribution in [0.15, 0.2) is 30.3 Å². The molecule has 1 saturated heterocycles. The molecule has 1 atom stereocenters. The third kappa shape index (κ3) is 5.65. The molecule has 118 valence electrons. The molecular formula is C16H26ClN3O. The van der Waals surface area contributed by atoms with E-state index in [1.165, 1.54) is 12.0 Å². The van der Waals surface area contributed by atoms with E-state index in [9.17, 15) is 4.79 Å². The normalized spacial score (nSPS) is 18.9. The van der Waals surface area contributed by atoms with E-state index in [-0.39, 0.29) is 18.3 Å². The van der Waals surface area contributed by atoms with Gasteiger partial charge in [-0.15, -0.1) is 12.4 Å². The first-order valence-corrected chi connectivity index (χ1v) is 7.39. The third-order valence-corrected chi connectivity index (χ3v) is 3.98. The third-order valence-electron chi connectivity index (χ3n) is 3.98. The van der Waals surface area contributed by atoms with Crippen LogP contribution in [-0.2, 0) is 11.3 Å². The van der Waals surface area contributed by atoms with Gasteiger partial charge in [0.05, 0.1) is 6.54 Å². The Labute approximate surface area is 133 Å². The Kier molecular flexibility index (Phi) is 7.72. The van der Waals surface area contributed by atoms with Gasteiger partial charge in [0, 0.05) is 20.1 Å². The second-order valence-corrected chi connectivity index (χ2v) is 5.71. The highest BCUT2D eigenvalue weighted by molar-refractivity contribution is 5.85. The van der Waals surface area contributed by atoms with Crippen LogP contribution < -0.4 is 5.73 Å². The first-order chi connectivity index (χ1) is 9.69. The van der Waals surface area contributed by atoms with E-state index in [0.717, 1.165) is 26.1 Å². The van der Waals surface area contributed by atoms with Crippen LogP contribution >= 0.6 is 12.4 Å². The number of likely N-dealkylation sites (N-methyl/N-ethyl adjacent to an activating group) is 1. The zero-order valence-electron chi connectivity index (χ0n) is 12.7. The van der Waals surface area contributed by atoms with E-state index in [0.29, 0.717) is 19.0 Å². The summed E-state index contributed by atoms with van der Waals surface area (Å²) in [5.74, 6) is 0.738. The average molecular weight is 312 g/mol. The number of rotatable bonds is 5. The van der Waals surface area contributed by atoms with Crippen molar-refractivity contribution in [3.63, 3.8) is 0 Å². The smallest absolute Gasteiger partial charge is 0.236 e. The standard InChI is InChI=1S/C16H25N3O.ClH/c1-18(11-14-6-3-2-4-7-14)16(20)13-19-9-5-8-15(10-17)12-19;/h2-4,6-7,15H,5,8-13,17H2,1H3;1H. The molecule has 4 nitrogen and oxygen atoms in total. The van der Waals surface area contributed by atoms with Gasteiger partial charge in [0.25, 0.3) is 0 Å². The molecular weight excluding hydrogens is 286 g/mol. The summed E-state index contributed by atoms with van der Waals surface area (Å²) < 4.78 is 0. The van der Waals surface area contributed by atoms with E-state index < -0.39 is 0 Å². The van der Waals surface area contributed by atoms with Crippen molar-refractivity contribution >= 4 is 18.3 Å². The van der Waals surface area contributed by atoms with Crippen molar-refractivity contribution in [2.24, 2.45) is 11.7 Å². The minimum absolute atomic E-state index is 0. The molecule has 5 heteroatoms. The lowest BCUT2D eigenvalue weighted by molar-refractivity contribution is -0.132. The largest absolute Gasteiger partial charge is 0.340 e. The second kappa shape index (κ2) is 9.03. The minimum Gasteiger partial charge on any atom is -0.340 e. The first-order valence-electron chi connectivity index (χ1n) is 7.39. The lowest BCUT2D eigenvalue weighted by Gasteiger charge is -2.32. The number of likely N-dealkylation sites (tertiary alicyclic amines) is 1. The molecule has 1 heterocycles. The van der Waals surface area contributed by atoms with Crippen LogP contribution in [0.25, 0.3) is 0 Å². The highest BCUT2D eigenvalue weighted by Gasteiger charge is 2.21. The number of nitrogens with zero attached hydrogens (tertiary/aromatic N) is 2. The van der Waals surface area contributed by atoms with Crippen LogP contribution in [0.3, 0.4) is 0 Å². The molecule has 1 aliphatic heterocycles. The molecule has 1 amide bonds. The van der Waals surface area contributed by atoms with E-state index in [2.05, 4.69) is 17.0 Å². The summed E-state index contributed by atoms with van der Waals surface area (Å²) in [5.41, 5.74) is 6.90. The SMILES string of the molecule is CN(Cc1ccccc1)C(=O)CN1CCCC(CN)C1.Cl. The van der Waals surface area contributed by atoms with Crippen molar-refractivity contribution < 1.29 is 4.79 Å². The minimum atomic E-state index is 0. The van der Waals surface area contributed by atoms with Gasteiger partial charge >= 0.3 is 0 Å². The van der Waals surface area contributed by atoms with Crippen molar-refractivity contribution in [3.05, 3.63) is 35.9 Å². The van der Waals surface area contributed by atoms with Gasteiger partial charge in [-0.05, 0) is 37.4 Å². The van der Waals surface area contributed by atoms with Gasteiger partial charge in [0.1, 0.15) is 0 Å². The van der Waals surface area contributed by atoms with Crippen LogP contribution in [-0.4, -0.2) is 48.9 Å². The lowest BCUT2D eigenvalue weighted by Crippen LogP contribution is -2.44. The average Bonchev–Trinajstić information content (AvgIpc) is 2.48. The Morgan fingerprint density at radius 3 is 2.76 bits per heavy atom. The molecule has 0 bridgehead atoms. The number of amides is 1. The fourth-order valence-electron chi connectivity index (χ4n) is 2.74. The monoisotopic (exact) mass is 311 g/mol. The molecule has 0 aromatic heterocycles. The number of carbonyl (C=O) groups excluding carboxylic acids is 1. The molecule has 0 spiro atoms. The fraction of sp³-hybridized carbons (Fsp3) is 0.562. The van der Waals surface area contributed by atoms with Gasteiger partial charge in [-0.3, -0.25) is 9.69 Å². The van der Waals surface area contributed by atoms with Crippen molar-refractivity contribution in [1.29, 1.82) is 0 Å². The molecule has 1 fully saturated rings. The van der Waals surface area contributed by atoms with Crippen LogP contribution in [0.4, 0.5) is 0 Å². The number of hydrogen-bond acceptors (Lipinski definition) is 3. The van der Waals surface area contributed by atoms with Crippen LogP contribution in [0.5, 0.6) is 0 Å². The molecule has 0 saturated carbocycles. The van der Waals surface area contributed by atoms with Gasteiger partial charge in [-0.1, -0.05) is 30.3 Å². The number of benzene rings is 1. The quantitative estimate of drug-likeness (QED) is 0.901. The first kappa shape index (κ1) is 18.0. The maximum absolute atomic E-state index is 12.3. The summed E-state index contributed by atoms with van der Waals surface area (Å²) in [5, 5.41) is 0. The predicted octanol–water partition coefficient (Wildman–Crippen LogP) is 1.74. The van der Waals surface area contributed by atoms with Crippen LogP contribution in [0.1, 0.15) is 18.4 Å². The summed E-state index contributed by atoms with van der Waals surface area (Å²) in [6, 6.07) is 10.1. The number of halogens is 1. The zero-order chi connectivity index (χ0) is 14.4. The highest BCUT2D eigenvalue weighted by Crippen LogP contribution is 2.15. The second-order valence-electron chi connectivity index (χ2n) is 5.71.